The van der Waals surface area contributed by atoms with Gasteiger partial charge >= 0.3 is 0 Å². The highest BCUT2D eigenvalue weighted by atomic mass is 127. The van der Waals surface area contributed by atoms with Crippen LogP contribution in [0.1, 0.15) is 13.3 Å². The minimum absolute atomic E-state index is 0. The number of halogens is 1. The van der Waals surface area contributed by atoms with Gasteiger partial charge in [-0.05, 0) is 6.92 Å². The van der Waals surface area contributed by atoms with Crippen molar-refractivity contribution in [1.82, 2.24) is 0 Å². The monoisotopic (exact) mass is 301 g/mol. The van der Waals surface area contributed by atoms with Crippen LogP contribution in [0.4, 0.5) is 0 Å². The van der Waals surface area contributed by atoms with Gasteiger partial charge in [0, 0.05) is 6.42 Å². The maximum Gasteiger partial charge on any atom is 0.109 e. The molecule has 0 aliphatic carbocycles. The van der Waals surface area contributed by atoms with Gasteiger partial charge in [-0.25, -0.2) is 0 Å². The summed E-state index contributed by atoms with van der Waals surface area (Å²) >= 11 is 0. The van der Waals surface area contributed by atoms with Gasteiger partial charge in [0.1, 0.15) is 12.6 Å². The number of aliphatic hydroxyl groups is 1. The Labute approximate surface area is 97.7 Å². The van der Waals surface area contributed by atoms with E-state index < -0.39 is 0 Å². The summed E-state index contributed by atoms with van der Waals surface area (Å²) in [5.74, 6) is 0. The van der Waals surface area contributed by atoms with Gasteiger partial charge in [-0.15, -0.1) is 0 Å². The Morgan fingerprint density at radius 2 is 1.92 bits per heavy atom. The van der Waals surface area contributed by atoms with E-state index in [1.807, 2.05) is 6.92 Å². The van der Waals surface area contributed by atoms with Gasteiger partial charge < -0.3 is 38.3 Å². The molecule has 0 bridgehead atoms. The standard InChI is InChI=1S/C9H20NO2.HI/c1-7-9(11)5-8(12-7)6-10(2,3)4;/h7-9,11H,5-6H2,1-4H3;1H/q+1;/p-1/t7-,8-,9+;/m1./s1. The smallest absolute Gasteiger partial charge is 0.109 e. The summed E-state index contributed by atoms with van der Waals surface area (Å²) in [5, 5.41) is 9.43. The lowest BCUT2D eigenvalue weighted by atomic mass is 10.1. The highest BCUT2D eigenvalue weighted by Crippen LogP contribution is 2.21. The lowest BCUT2D eigenvalue weighted by Gasteiger charge is -2.26. The van der Waals surface area contributed by atoms with Crippen LogP contribution in [0.2, 0.25) is 0 Å². The van der Waals surface area contributed by atoms with Crippen LogP contribution in [-0.2, 0) is 4.74 Å². The van der Waals surface area contributed by atoms with E-state index in [2.05, 4.69) is 21.1 Å². The normalized spacial score (nSPS) is 34.4. The lowest BCUT2D eigenvalue weighted by molar-refractivity contribution is -0.873. The molecule has 3 nitrogen and oxygen atoms in total. The molecule has 0 aromatic rings. The average molecular weight is 301 g/mol. The number of hydrogen-bond donors (Lipinski definition) is 1. The number of ether oxygens (including phenoxy) is 1. The minimum Gasteiger partial charge on any atom is -1.00 e. The summed E-state index contributed by atoms with van der Waals surface area (Å²) in [6, 6.07) is 0. The summed E-state index contributed by atoms with van der Waals surface area (Å²) in [4.78, 5) is 0. The topological polar surface area (TPSA) is 29.5 Å². The van der Waals surface area contributed by atoms with E-state index in [0.717, 1.165) is 17.4 Å². The minimum atomic E-state index is -0.262. The molecule has 0 unspecified atom stereocenters. The number of nitrogens with zero attached hydrogens (tertiary/aromatic N) is 1. The molecule has 1 saturated heterocycles. The molecule has 0 saturated carbocycles. The van der Waals surface area contributed by atoms with Crippen molar-refractivity contribution in [3.05, 3.63) is 0 Å². The summed E-state index contributed by atoms with van der Waals surface area (Å²) in [7, 11) is 6.41. The first kappa shape index (κ1) is 13.6. The molecule has 1 aliphatic heterocycles. The molecule has 80 valence electrons. The van der Waals surface area contributed by atoms with E-state index >= 15 is 0 Å². The maximum atomic E-state index is 9.43. The van der Waals surface area contributed by atoms with Crippen molar-refractivity contribution in [2.24, 2.45) is 0 Å². The van der Waals surface area contributed by atoms with Crippen LogP contribution >= 0.6 is 0 Å². The van der Waals surface area contributed by atoms with Crippen LogP contribution in [0.25, 0.3) is 0 Å². The third-order valence-electron chi connectivity index (χ3n) is 2.20. The van der Waals surface area contributed by atoms with E-state index in [-0.39, 0.29) is 42.3 Å². The van der Waals surface area contributed by atoms with Crippen molar-refractivity contribution < 1.29 is 38.3 Å². The summed E-state index contributed by atoms with van der Waals surface area (Å²) < 4.78 is 6.48. The fraction of sp³-hybridized carbons (Fsp3) is 1.00. The van der Waals surface area contributed by atoms with Crippen molar-refractivity contribution in [1.29, 1.82) is 0 Å². The highest BCUT2D eigenvalue weighted by molar-refractivity contribution is 4.78. The van der Waals surface area contributed by atoms with Crippen molar-refractivity contribution in [2.45, 2.75) is 31.7 Å². The molecule has 1 aliphatic rings. The van der Waals surface area contributed by atoms with Gasteiger partial charge in [-0.2, -0.15) is 0 Å². The van der Waals surface area contributed by atoms with E-state index in [9.17, 15) is 5.11 Å². The summed E-state index contributed by atoms with van der Waals surface area (Å²) in [6.45, 7) is 2.90. The third-order valence-corrected chi connectivity index (χ3v) is 2.20. The molecule has 4 heteroatoms. The highest BCUT2D eigenvalue weighted by Gasteiger charge is 2.33. The Bertz CT molecular complexity index is 148. The number of rotatable bonds is 2. The molecule has 1 heterocycles. The van der Waals surface area contributed by atoms with E-state index in [0.29, 0.717) is 0 Å². The Morgan fingerprint density at radius 3 is 2.23 bits per heavy atom. The molecule has 0 spiro atoms. The average Bonchev–Trinajstić information content (AvgIpc) is 2.07. The summed E-state index contributed by atoms with van der Waals surface area (Å²) in [5.41, 5.74) is 0. The quantitative estimate of drug-likeness (QED) is 0.442. The third kappa shape index (κ3) is 4.58. The molecule has 0 aromatic heterocycles. The zero-order valence-electron chi connectivity index (χ0n) is 8.83. The van der Waals surface area contributed by atoms with Crippen LogP contribution in [0, 0.1) is 0 Å². The predicted molar refractivity (Wildman–Crippen MR) is 47.9 cm³/mol. The number of quaternary nitrogens is 1. The molecule has 1 rings (SSSR count). The van der Waals surface area contributed by atoms with Crippen LogP contribution < -0.4 is 24.0 Å². The van der Waals surface area contributed by atoms with E-state index in [1.54, 1.807) is 0 Å². The molecule has 0 amide bonds. The Balaban J connectivity index is 0.00000144. The SMILES string of the molecule is C[C@H]1O[C@@H](C[N+](C)(C)C)C[C@@H]1O.[I-]. The zero-order chi connectivity index (χ0) is 9.35. The van der Waals surface area contributed by atoms with Crippen molar-refractivity contribution >= 4 is 0 Å². The number of hydrogen-bond acceptors (Lipinski definition) is 2. The number of likely N-dealkylation sites (N-methyl/N-ethyl adjacent to an activating group) is 1. The Kier molecular flexibility index (Phi) is 5.14. The van der Waals surface area contributed by atoms with Crippen LogP contribution in [0.5, 0.6) is 0 Å². The molecule has 0 aromatic carbocycles. The van der Waals surface area contributed by atoms with Crippen molar-refractivity contribution in [2.75, 3.05) is 27.7 Å². The second-order valence-electron chi connectivity index (χ2n) is 4.74. The second-order valence-corrected chi connectivity index (χ2v) is 4.74. The molecule has 1 N–H and O–H groups in total. The Morgan fingerprint density at radius 1 is 1.38 bits per heavy atom. The molecule has 0 radical (unpaired) electrons. The molecule has 1 fully saturated rings. The van der Waals surface area contributed by atoms with Gasteiger partial charge in [-0.1, -0.05) is 0 Å². The second kappa shape index (κ2) is 4.91. The van der Waals surface area contributed by atoms with Gasteiger partial charge in [0.2, 0.25) is 0 Å². The van der Waals surface area contributed by atoms with E-state index in [1.165, 1.54) is 0 Å². The van der Waals surface area contributed by atoms with Crippen molar-refractivity contribution in [3.8, 4) is 0 Å². The first-order valence-corrected chi connectivity index (χ1v) is 4.52. The van der Waals surface area contributed by atoms with Gasteiger partial charge in [-0.3, -0.25) is 0 Å². The number of aliphatic hydroxyl groups excluding tert-OH is 1. The molecular formula is C9H20INO2. The first-order valence-electron chi connectivity index (χ1n) is 4.52. The molecular weight excluding hydrogens is 281 g/mol. The van der Waals surface area contributed by atoms with Crippen LogP contribution in [0.3, 0.4) is 0 Å². The first-order chi connectivity index (χ1) is 5.38. The van der Waals surface area contributed by atoms with Crippen molar-refractivity contribution in [3.63, 3.8) is 0 Å². The summed E-state index contributed by atoms with van der Waals surface area (Å²) in [6.07, 6.45) is 0.773. The molecule has 13 heavy (non-hydrogen) atoms. The van der Waals surface area contributed by atoms with Crippen LogP contribution in [-0.4, -0.2) is 55.6 Å². The molecule has 3 atom stereocenters. The van der Waals surface area contributed by atoms with E-state index in [4.69, 9.17) is 4.74 Å². The zero-order valence-corrected chi connectivity index (χ0v) is 11.0. The van der Waals surface area contributed by atoms with Gasteiger partial charge in [0.15, 0.2) is 0 Å². The predicted octanol–water partition coefficient (Wildman–Crippen LogP) is -2.77. The largest absolute Gasteiger partial charge is 1.00 e. The Hall–Kier alpha value is 0.610. The maximum absolute atomic E-state index is 9.43. The van der Waals surface area contributed by atoms with Gasteiger partial charge in [0.05, 0.1) is 33.4 Å². The lowest BCUT2D eigenvalue weighted by Crippen LogP contribution is -3.00. The fourth-order valence-electron chi connectivity index (χ4n) is 1.64. The fourth-order valence-corrected chi connectivity index (χ4v) is 1.64. The van der Waals surface area contributed by atoms with Crippen LogP contribution in [0.15, 0.2) is 0 Å². The van der Waals surface area contributed by atoms with Gasteiger partial charge in [0.25, 0.3) is 0 Å².